The predicted molar refractivity (Wildman–Crippen MR) is 117 cm³/mol. The van der Waals surface area contributed by atoms with Crippen molar-refractivity contribution in [1.82, 2.24) is 24.6 Å². The van der Waals surface area contributed by atoms with Gasteiger partial charge in [-0.1, -0.05) is 66.2 Å². The van der Waals surface area contributed by atoms with Crippen LogP contribution >= 0.6 is 0 Å². The van der Waals surface area contributed by atoms with E-state index < -0.39 is 0 Å². The standard InChI is InChI=1S/C24H20N6/c1-17-8-7-11-19(14-17)23(20-12-5-6-13-25-20)29-22-15-21(18-9-3-2-4-10-18)28-24-26-16-27-30(22)24/h2-16,23,29H,1H3. The van der Waals surface area contributed by atoms with Crippen LogP contribution in [0.5, 0.6) is 0 Å². The largest absolute Gasteiger partial charge is 0.357 e. The van der Waals surface area contributed by atoms with Gasteiger partial charge >= 0.3 is 0 Å². The van der Waals surface area contributed by atoms with Crippen molar-refractivity contribution in [2.45, 2.75) is 13.0 Å². The van der Waals surface area contributed by atoms with E-state index in [2.05, 4.69) is 56.6 Å². The van der Waals surface area contributed by atoms with Crippen LogP contribution in [0.3, 0.4) is 0 Å². The molecule has 2 aromatic carbocycles. The van der Waals surface area contributed by atoms with E-state index >= 15 is 0 Å². The Kier molecular flexibility index (Phi) is 4.65. The third-order valence-corrected chi connectivity index (χ3v) is 4.97. The molecule has 0 saturated carbocycles. The van der Waals surface area contributed by atoms with E-state index in [1.165, 1.54) is 11.9 Å². The smallest absolute Gasteiger partial charge is 0.254 e. The van der Waals surface area contributed by atoms with Crippen LogP contribution in [0.1, 0.15) is 22.9 Å². The molecule has 6 nitrogen and oxygen atoms in total. The SMILES string of the molecule is Cc1cccc(C(Nc2cc(-c3ccccc3)nc3ncnn23)c2ccccn2)c1. The van der Waals surface area contributed by atoms with Crippen molar-refractivity contribution >= 4 is 11.6 Å². The van der Waals surface area contributed by atoms with Gasteiger partial charge in [-0.15, -0.1) is 0 Å². The Hall–Kier alpha value is -4.06. The molecule has 6 heteroatoms. The van der Waals surface area contributed by atoms with Crippen LogP contribution in [0.15, 0.2) is 91.4 Å². The summed E-state index contributed by atoms with van der Waals surface area (Å²) in [6.07, 6.45) is 3.33. The molecule has 3 heterocycles. The second-order valence-corrected chi connectivity index (χ2v) is 7.11. The van der Waals surface area contributed by atoms with Crippen molar-refractivity contribution in [1.29, 1.82) is 0 Å². The van der Waals surface area contributed by atoms with Crippen LogP contribution in [-0.4, -0.2) is 24.6 Å². The fourth-order valence-electron chi connectivity index (χ4n) is 3.54. The number of aryl methyl sites for hydroxylation is 1. The molecule has 1 N–H and O–H groups in total. The van der Waals surface area contributed by atoms with E-state index in [9.17, 15) is 0 Å². The summed E-state index contributed by atoms with van der Waals surface area (Å²) in [6.45, 7) is 2.09. The maximum absolute atomic E-state index is 4.67. The maximum Gasteiger partial charge on any atom is 0.254 e. The molecular formula is C24H20N6. The van der Waals surface area contributed by atoms with Gasteiger partial charge in [-0.2, -0.15) is 14.6 Å². The van der Waals surface area contributed by atoms with E-state index in [4.69, 9.17) is 0 Å². The zero-order valence-corrected chi connectivity index (χ0v) is 16.5. The molecule has 0 saturated heterocycles. The molecule has 3 aromatic heterocycles. The molecule has 0 bridgehead atoms. The zero-order valence-electron chi connectivity index (χ0n) is 16.5. The van der Waals surface area contributed by atoms with E-state index in [0.29, 0.717) is 5.78 Å². The molecule has 0 spiro atoms. The molecule has 1 unspecified atom stereocenters. The second kappa shape index (κ2) is 7.75. The number of nitrogens with zero attached hydrogens (tertiary/aromatic N) is 5. The van der Waals surface area contributed by atoms with Gasteiger partial charge < -0.3 is 5.32 Å². The Morgan fingerprint density at radius 2 is 1.73 bits per heavy atom. The molecule has 5 rings (SSSR count). The van der Waals surface area contributed by atoms with E-state index in [1.54, 1.807) is 4.52 Å². The molecule has 0 aliphatic rings. The van der Waals surface area contributed by atoms with Crippen molar-refractivity contribution in [3.8, 4) is 11.3 Å². The molecule has 146 valence electrons. The van der Waals surface area contributed by atoms with Gasteiger partial charge in [0.05, 0.1) is 17.4 Å². The summed E-state index contributed by atoms with van der Waals surface area (Å²) in [6, 6.07) is 26.3. The Bertz CT molecular complexity index is 1280. The van der Waals surface area contributed by atoms with Gasteiger partial charge in [-0.3, -0.25) is 4.98 Å². The van der Waals surface area contributed by atoms with Gasteiger partial charge in [0, 0.05) is 17.8 Å². The lowest BCUT2D eigenvalue weighted by atomic mass is 10.0. The number of rotatable bonds is 5. The van der Waals surface area contributed by atoms with Crippen LogP contribution in [0.2, 0.25) is 0 Å². The van der Waals surface area contributed by atoms with Crippen molar-refractivity contribution in [3.63, 3.8) is 0 Å². The summed E-state index contributed by atoms with van der Waals surface area (Å²) in [5, 5.41) is 8.01. The van der Waals surface area contributed by atoms with E-state index in [-0.39, 0.29) is 6.04 Å². The molecule has 5 aromatic rings. The quantitative estimate of drug-likeness (QED) is 0.470. The molecule has 0 amide bonds. The van der Waals surface area contributed by atoms with Gasteiger partial charge in [0.15, 0.2) is 0 Å². The first-order valence-electron chi connectivity index (χ1n) is 9.78. The van der Waals surface area contributed by atoms with E-state index in [0.717, 1.165) is 28.3 Å². The van der Waals surface area contributed by atoms with Gasteiger partial charge in [0.2, 0.25) is 0 Å². The minimum absolute atomic E-state index is 0.149. The van der Waals surface area contributed by atoms with Crippen molar-refractivity contribution in [2.75, 3.05) is 5.32 Å². The van der Waals surface area contributed by atoms with Crippen LogP contribution in [-0.2, 0) is 0 Å². The first kappa shape index (κ1) is 18.0. The van der Waals surface area contributed by atoms with Gasteiger partial charge in [0.1, 0.15) is 12.1 Å². The first-order chi connectivity index (χ1) is 14.8. The lowest BCUT2D eigenvalue weighted by Crippen LogP contribution is -2.16. The maximum atomic E-state index is 4.67. The second-order valence-electron chi connectivity index (χ2n) is 7.11. The number of anilines is 1. The number of pyridine rings is 1. The minimum atomic E-state index is -0.149. The summed E-state index contributed by atoms with van der Waals surface area (Å²) in [5.41, 5.74) is 5.11. The summed E-state index contributed by atoms with van der Waals surface area (Å²) in [4.78, 5) is 13.6. The third kappa shape index (κ3) is 3.51. The molecular weight excluding hydrogens is 372 g/mol. The Morgan fingerprint density at radius 1 is 0.867 bits per heavy atom. The highest BCUT2D eigenvalue weighted by Crippen LogP contribution is 2.28. The molecule has 0 aliphatic carbocycles. The summed E-state index contributed by atoms with van der Waals surface area (Å²) in [5.74, 6) is 1.34. The fourth-order valence-corrected chi connectivity index (χ4v) is 3.54. The highest BCUT2D eigenvalue weighted by molar-refractivity contribution is 5.65. The van der Waals surface area contributed by atoms with Crippen molar-refractivity contribution < 1.29 is 0 Å². The number of fused-ring (bicyclic) bond motifs is 1. The highest BCUT2D eigenvalue weighted by Gasteiger charge is 2.18. The van der Waals surface area contributed by atoms with Crippen molar-refractivity contribution in [2.24, 2.45) is 0 Å². The topological polar surface area (TPSA) is 68.0 Å². The monoisotopic (exact) mass is 392 g/mol. The van der Waals surface area contributed by atoms with Crippen LogP contribution in [0.25, 0.3) is 17.0 Å². The Morgan fingerprint density at radius 3 is 2.53 bits per heavy atom. The predicted octanol–water partition coefficient (Wildman–Crippen LogP) is 4.70. The molecule has 0 fully saturated rings. The number of nitrogens with one attached hydrogen (secondary N) is 1. The first-order valence-corrected chi connectivity index (χ1v) is 9.78. The van der Waals surface area contributed by atoms with Crippen LogP contribution in [0, 0.1) is 6.92 Å². The zero-order chi connectivity index (χ0) is 20.3. The number of hydrogen-bond acceptors (Lipinski definition) is 5. The fraction of sp³-hybridized carbons (Fsp3) is 0.0833. The number of aromatic nitrogens is 5. The van der Waals surface area contributed by atoms with Crippen LogP contribution < -0.4 is 5.32 Å². The van der Waals surface area contributed by atoms with Gasteiger partial charge in [-0.05, 0) is 24.6 Å². The minimum Gasteiger partial charge on any atom is -0.357 e. The summed E-state index contributed by atoms with van der Waals surface area (Å²) >= 11 is 0. The van der Waals surface area contributed by atoms with Gasteiger partial charge in [0.25, 0.3) is 5.78 Å². The average molecular weight is 392 g/mol. The summed E-state index contributed by atoms with van der Waals surface area (Å²) in [7, 11) is 0. The lowest BCUT2D eigenvalue weighted by Gasteiger charge is -2.21. The lowest BCUT2D eigenvalue weighted by molar-refractivity contribution is 0.846. The molecule has 1 atom stereocenters. The molecule has 0 radical (unpaired) electrons. The Balaban J connectivity index is 1.64. The summed E-state index contributed by atoms with van der Waals surface area (Å²) < 4.78 is 1.72. The number of hydrogen-bond donors (Lipinski definition) is 1. The number of benzene rings is 2. The normalized spacial score (nSPS) is 12.0. The average Bonchev–Trinajstić information content (AvgIpc) is 3.27. The van der Waals surface area contributed by atoms with Gasteiger partial charge in [-0.25, -0.2) is 4.98 Å². The van der Waals surface area contributed by atoms with Crippen molar-refractivity contribution in [3.05, 3.63) is 108 Å². The third-order valence-electron chi connectivity index (χ3n) is 4.97. The van der Waals surface area contributed by atoms with E-state index in [1.807, 2.05) is 60.8 Å². The van der Waals surface area contributed by atoms with Crippen LogP contribution in [0.4, 0.5) is 5.82 Å². The highest BCUT2D eigenvalue weighted by atomic mass is 15.4. The molecule has 0 aliphatic heterocycles. The Labute approximate surface area is 174 Å². The molecule has 30 heavy (non-hydrogen) atoms.